The fourth-order valence-electron chi connectivity index (χ4n) is 4.13. The fraction of sp³-hybridized carbons (Fsp3) is 0.632. The average molecular weight is 382 g/mol. The molecule has 2 aliphatic heterocycles. The highest BCUT2D eigenvalue weighted by atomic mass is 35.5. The molecule has 2 aliphatic rings. The minimum atomic E-state index is -0.863. The lowest BCUT2D eigenvalue weighted by atomic mass is 10.0. The molecule has 2 fully saturated rings. The van der Waals surface area contributed by atoms with Gasteiger partial charge in [0.25, 0.3) is 0 Å². The van der Waals surface area contributed by atoms with Gasteiger partial charge >= 0.3 is 5.97 Å². The van der Waals surface area contributed by atoms with Gasteiger partial charge in [-0.15, -0.1) is 0 Å². The van der Waals surface area contributed by atoms with Crippen LogP contribution >= 0.6 is 11.6 Å². The van der Waals surface area contributed by atoms with Gasteiger partial charge in [0.2, 0.25) is 0 Å². The Balaban J connectivity index is 1.69. The Bertz CT molecular complexity index is 626. The van der Waals surface area contributed by atoms with E-state index in [-0.39, 0.29) is 0 Å². The summed E-state index contributed by atoms with van der Waals surface area (Å²) in [5.74, 6) is -0.294. The fourth-order valence-corrected chi connectivity index (χ4v) is 4.31. The minimum Gasteiger partial charge on any atom is -0.496 e. The van der Waals surface area contributed by atoms with Crippen LogP contribution in [-0.4, -0.2) is 85.2 Å². The van der Waals surface area contributed by atoms with Crippen molar-refractivity contribution in [1.82, 2.24) is 14.7 Å². The molecular formula is C19H28ClN3O3. The van der Waals surface area contributed by atoms with E-state index in [2.05, 4.69) is 16.8 Å². The van der Waals surface area contributed by atoms with Crippen LogP contribution in [-0.2, 0) is 4.79 Å². The maximum Gasteiger partial charge on any atom is 0.325 e. The number of halogens is 1. The van der Waals surface area contributed by atoms with Gasteiger partial charge in [0.15, 0.2) is 0 Å². The monoisotopic (exact) mass is 381 g/mol. The summed E-state index contributed by atoms with van der Waals surface area (Å²) in [6.45, 7) is 5.56. The first kappa shape index (κ1) is 19.4. The third-order valence-corrected chi connectivity index (χ3v) is 5.87. The van der Waals surface area contributed by atoms with Gasteiger partial charge < -0.3 is 14.7 Å². The predicted molar refractivity (Wildman–Crippen MR) is 102 cm³/mol. The van der Waals surface area contributed by atoms with Crippen molar-refractivity contribution in [2.45, 2.75) is 24.9 Å². The van der Waals surface area contributed by atoms with Crippen molar-refractivity contribution >= 4 is 17.6 Å². The van der Waals surface area contributed by atoms with E-state index in [1.165, 1.54) is 12.8 Å². The van der Waals surface area contributed by atoms with Crippen LogP contribution in [0.4, 0.5) is 0 Å². The summed E-state index contributed by atoms with van der Waals surface area (Å²) < 4.78 is 5.38. The summed E-state index contributed by atoms with van der Waals surface area (Å²) in [5, 5.41) is 10.4. The number of carboxylic acid groups (broad SMARTS) is 1. The summed E-state index contributed by atoms with van der Waals surface area (Å²) in [6, 6.07) is 5.06. The highest BCUT2D eigenvalue weighted by Crippen LogP contribution is 2.33. The Labute approximate surface area is 160 Å². The molecule has 0 aliphatic carbocycles. The first-order valence-corrected chi connectivity index (χ1v) is 9.60. The van der Waals surface area contributed by atoms with Gasteiger partial charge in [0, 0.05) is 42.8 Å². The van der Waals surface area contributed by atoms with Crippen LogP contribution in [0.25, 0.3) is 0 Å². The van der Waals surface area contributed by atoms with Gasteiger partial charge in [-0.05, 0) is 51.2 Å². The van der Waals surface area contributed by atoms with Crippen molar-refractivity contribution in [3.63, 3.8) is 0 Å². The summed E-state index contributed by atoms with van der Waals surface area (Å²) in [5.41, 5.74) is 0.625. The van der Waals surface area contributed by atoms with E-state index >= 15 is 0 Å². The zero-order valence-corrected chi connectivity index (χ0v) is 16.3. The molecule has 1 aromatic rings. The number of carboxylic acids is 1. The van der Waals surface area contributed by atoms with Crippen molar-refractivity contribution in [2.24, 2.45) is 0 Å². The van der Waals surface area contributed by atoms with E-state index in [1.807, 2.05) is 4.90 Å². The molecule has 1 aromatic carbocycles. The van der Waals surface area contributed by atoms with Gasteiger partial charge in [-0.25, -0.2) is 0 Å². The number of benzene rings is 1. The topological polar surface area (TPSA) is 56.3 Å². The van der Waals surface area contributed by atoms with Crippen molar-refractivity contribution in [1.29, 1.82) is 0 Å². The quantitative estimate of drug-likeness (QED) is 0.843. The second-order valence-electron chi connectivity index (χ2n) is 7.23. The Morgan fingerprint density at radius 2 is 1.85 bits per heavy atom. The standard InChI is InChI=1S/C19H28ClN3O3/c1-21-7-5-15(6-8-21)22-9-11-23(12-10-22)18(19(24)25)16-13-14(20)3-4-17(16)26-2/h3-4,13,15,18H,5-12H2,1-2H3,(H,24,25)/t18-/m1/s1. The van der Waals surface area contributed by atoms with Crippen molar-refractivity contribution in [2.75, 3.05) is 53.4 Å². The van der Waals surface area contributed by atoms with Crippen LogP contribution in [0.1, 0.15) is 24.4 Å². The molecule has 0 unspecified atom stereocenters. The molecule has 0 saturated carbocycles. The third-order valence-electron chi connectivity index (χ3n) is 5.64. The Morgan fingerprint density at radius 3 is 2.42 bits per heavy atom. The Morgan fingerprint density at radius 1 is 1.19 bits per heavy atom. The molecule has 7 heteroatoms. The van der Waals surface area contributed by atoms with Gasteiger partial charge in [0.1, 0.15) is 11.8 Å². The molecule has 1 atom stereocenters. The van der Waals surface area contributed by atoms with Crippen LogP contribution in [0.2, 0.25) is 5.02 Å². The lowest BCUT2D eigenvalue weighted by Gasteiger charge is -2.43. The molecule has 1 N–H and O–H groups in total. The van der Waals surface area contributed by atoms with E-state index in [0.717, 1.165) is 39.3 Å². The molecule has 3 rings (SSSR count). The normalized spacial score (nSPS) is 22.3. The summed E-state index contributed by atoms with van der Waals surface area (Å²) in [6.07, 6.45) is 2.39. The SMILES string of the molecule is COc1ccc(Cl)cc1[C@H](C(=O)O)N1CCN(C2CCN(C)CC2)CC1. The van der Waals surface area contributed by atoms with E-state index in [9.17, 15) is 9.90 Å². The van der Waals surface area contributed by atoms with Gasteiger partial charge in [0.05, 0.1) is 7.11 Å². The van der Waals surface area contributed by atoms with Gasteiger partial charge in [-0.3, -0.25) is 14.6 Å². The summed E-state index contributed by atoms with van der Waals surface area (Å²) >= 11 is 6.12. The highest BCUT2D eigenvalue weighted by Gasteiger charge is 2.34. The third kappa shape index (κ3) is 4.31. The molecule has 144 valence electrons. The summed E-state index contributed by atoms with van der Waals surface area (Å²) in [4.78, 5) is 19.0. The number of hydrogen-bond acceptors (Lipinski definition) is 5. The van der Waals surface area contributed by atoms with Crippen LogP contribution < -0.4 is 4.74 Å². The molecule has 0 aromatic heterocycles. The van der Waals surface area contributed by atoms with E-state index in [4.69, 9.17) is 16.3 Å². The Kier molecular flexibility index (Phi) is 6.40. The van der Waals surface area contributed by atoms with Crippen LogP contribution in [0.15, 0.2) is 18.2 Å². The summed E-state index contributed by atoms with van der Waals surface area (Å²) in [7, 11) is 3.73. The van der Waals surface area contributed by atoms with Gasteiger partial charge in [-0.2, -0.15) is 0 Å². The average Bonchev–Trinajstić information content (AvgIpc) is 2.63. The number of hydrogen-bond donors (Lipinski definition) is 1. The number of nitrogens with zero attached hydrogens (tertiary/aromatic N) is 3. The van der Waals surface area contributed by atoms with Gasteiger partial charge in [-0.1, -0.05) is 11.6 Å². The maximum atomic E-state index is 12.0. The van der Waals surface area contributed by atoms with Crippen LogP contribution in [0.3, 0.4) is 0 Å². The molecule has 0 bridgehead atoms. The molecule has 0 radical (unpaired) electrons. The molecule has 2 saturated heterocycles. The van der Waals surface area contributed by atoms with Crippen molar-refractivity contribution in [3.8, 4) is 5.75 Å². The lowest BCUT2D eigenvalue weighted by Crippen LogP contribution is -2.54. The van der Waals surface area contributed by atoms with Crippen LogP contribution in [0.5, 0.6) is 5.75 Å². The predicted octanol–water partition coefficient (Wildman–Crippen LogP) is 2.19. The minimum absolute atomic E-state index is 0.525. The molecule has 0 spiro atoms. The number of ether oxygens (including phenoxy) is 1. The maximum absolute atomic E-state index is 12.0. The molecule has 6 nitrogen and oxygen atoms in total. The second-order valence-corrected chi connectivity index (χ2v) is 7.67. The molecule has 0 amide bonds. The lowest BCUT2D eigenvalue weighted by molar-refractivity contribution is -0.144. The molecule has 2 heterocycles. The number of carbonyl (C=O) groups is 1. The number of methoxy groups -OCH3 is 1. The zero-order chi connectivity index (χ0) is 18.7. The number of piperidine rings is 1. The first-order valence-electron chi connectivity index (χ1n) is 9.22. The molecular weight excluding hydrogens is 354 g/mol. The smallest absolute Gasteiger partial charge is 0.325 e. The van der Waals surface area contributed by atoms with E-state index in [0.29, 0.717) is 22.4 Å². The number of likely N-dealkylation sites (tertiary alicyclic amines) is 1. The number of rotatable bonds is 5. The largest absolute Gasteiger partial charge is 0.496 e. The van der Waals surface area contributed by atoms with Crippen LogP contribution in [0, 0.1) is 0 Å². The van der Waals surface area contributed by atoms with E-state index < -0.39 is 12.0 Å². The molecule has 26 heavy (non-hydrogen) atoms. The second kappa shape index (κ2) is 8.57. The first-order chi connectivity index (χ1) is 12.5. The number of aliphatic carboxylic acids is 1. The van der Waals surface area contributed by atoms with E-state index in [1.54, 1.807) is 25.3 Å². The zero-order valence-electron chi connectivity index (χ0n) is 15.5. The number of piperazine rings is 1. The van der Waals surface area contributed by atoms with Crippen molar-refractivity contribution in [3.05, 3.63) is 28.8 Å². The highest BCUT2D eigenvalue weighted by molar-refractivity contribution is 6.30. The Hall–Kier alpha value is -1.34. The van der Waals surface area contributed by atoms with Crippen molar-refractivity contribution < 1.29 is 14.6 Å².